The van der Waals surface area contributed by atoms with Crippen molar-refractivity contribution in [1.82, 2.24) is 4.72 Å². The first-order valence-electron chi connectivity index (χ1n) is 5.07. The molecule has 6 nitrogen and oxygen atoms in total. The molecule has 1 aromatic rings. The first-order valence-corrected chi connectivity index (χ1v) is 7.31. The number of hydrogen-bond donors (Lipinski definition) is 3. The van der Waals surface area contributed by atoms with Crippen LogP contribution in [0.2, 0.25) is 10.0 Å². The van der Waals surface area contributed by atoms with Crippen molar-refractivity contribution in [3.8, 4) is 0 Å². The Balaban J connectivity index is 3.23. The highest BCUT2D eigenvalue weighted by molar-refractivity contribution is 7.89. The van der Waals surface area contributed by atoms with Crippen LogP contribution in [-0.4, -0.2) is 25.0 Å². The van der Waals surface area contributed by atoms with Crippen LogP contribution < -0.4 is 10.5 Å². The molecule has 19 heavy (non-hydrogen) atoms. The number of nitrogens with two attached hydrogens (primary N) is 1. The Bertz CT molecular complexity index is 614. The van der Waals surface area contributed by atoms with E-state index < -0.39 is 15.6 Å². The zero-order valence-electron chi connectivity index (χ0n) is 10.2. The highest BCUT2D eigenvalue weighted by Gasteiger charge is 2.31. The van der Waals surface area contributed by atoms with Gasteiger partial charge in [0.15, 0.2) is 5.84 Å². The lowest BCUT2D eigenvalue weighted by Crippen LogP contribution is -2.53. The summed E-state index contributed by atoms with van der Waals surface area (Å²) in [6.07, 6.45) is 0. The minimum Gasteiger partial charge on any atom is -0.409 e. The second-order valence-corrected chi connectivity index (χ2v) is 6.78. The first-order chi connectivity index (χ1) is 8.60. The van der Waals surface area contributed by atoms with Crippen LogP contribution in [0.4, 0.5) is 0 Å². The number of nitrogens with zero attached hydrogens (tertiary/aromatic N) is 1. The fourth-order valence-corrected chi connectivity index (χ4v) is 3.40. The zero-order valence-corrected chi connectivity index (χ0v) is 12.5. The minimum atomic E-state index is -3.96. The molecule has 4 N–H and O–H groups in total. The highest BCUT2D eigenvalue weighted by atomic mass is 35.5. The van der Waals surface area contributed by atoms with Gasteiger partial charge >= 0.3 is 0 Å². The average Bonchev–Trinajstić information content (AvgIpc) is 2.29. The fourth-order valence-electron chi connectivity index (χ4n) is 1.25. The summed E-state index contributed by atoms with van der Waals surface area (Å²) in [6.45, 7) is 2.89. The summed E-state index contributed by atoms with van der Waals surface area (Å²) in [7, 11) is -3.96. The Morgan fingerprint density at radius 3 is 2.53 bits per heavy atom. The van der Waals surface area contributed by atoms with Crippen LogP contribution in [0.25, 0.3) is 0 Å². The van der Waals surface area contributed by atoms with Crippen LogP contribution >= 0.6 is 23.2 Å². The Morgan fingerprint density at radius 2 is 2.00 bits per heavy atom. The van der Waals surface area contributed by atoms with Crippen molar-refractivity contribution < 1.29 is 13.6 Å². The van der Waals surface area contributed by atoms with E-state index in [9.17, 15) is 8.42 Å². The Hall–Kier alpha value is -1.02. The third kappa shape index (κ3) is 3.73. The smallest absolute Gasteiger partial charge is 0.243 e. The Labute approximate surface area is 121 Å². The molecule has 0 spiro atoms. The van der Waals surface area contributed by atoms with Crippen LogP contribution in [0.1, 0.15) is 13.8 Å². The molecule has 0 unspecified atom stereocenters. The number of hydrogen-bond acceptors (Lipinski definition) is 4. The van der Waals surface area contributed by atoms with Gasteiger partial charge in [-0.1, -0.05) is 28.4 Å². The molecular formula is C10H13Cl2N3O3S. The summed E-state index contributed by atoms with van der Waals surface area (Å²) in [5.41, 5.74) is 4.14. The van der Waals surface area contributed by atoms with Crippen LogP contribution in [0, 0.1) is 0 Å². The maximum atomic E-state index is 12.2. The fraction of sp³-hybridized carbons (Fsp3) is 0.300. The lowest BCUT2D eigenvalue weighted by Gasteiger charge is -2.24. The molecule has 0 aromatic heterocycles. The molecule has 0 fully saturated rings. The van der Waals surface area contributed by atoms with Crippen LogP contribution in [-0.2, 0) is 10.0 Å². The topological polar surface area (TPSA) is 105 Å². The SMILES string of the molecule is CC(C)(NS(=O)(=O)c1cc(Cl)ccc1Cl)/C(N)=N/O. The summed E-state index contributed by atoms with van der Waals surface area (Å²) < 4.78 is 26.7. The van der Waals surface area contributed by atoms with Crippen LogP contribution in [0.5, 0.6) is 0 Å². The summed E-state index contributed by atoms with van der Waals surface area (Å²) >= 11 is 11.6. The van der Waals surface area contributed by atoms with Crippen molar-refractivity contribution in [3.05, 3.63) is 28.2 Å². The van der Waals surface area contributed by atoms with Crippen molar-refractivity contribution in [2.24, 2.45) is 10.9 Å². The predicted octanol–water partition coefficient (Wildman–Crippen LogP) is 1.80. The Morgan fingerprint density at radius 1 is 1.42 bits per heavy atom. The molecule has 0 aliphatic carbocycles. The summed E-state index contributed by atoms with van der Waals surface area (Å²) in [5, 5.41) is 11.7. The van der Waals surface area contributed by atoms with E-state index >= 15 is 0 Å². The van der Waals surface area contributed by atoms with Crippen molar-refractivity contribution in [3.63, 3.8) is 0 Å². The average molecular weight is 326 g/mol. The van der Waals surface area contributed by atoms with Gasteiger partial charge in [-0.3, -0.25) is 0 Å². The van der Waals surface area contributed by atoms with Gasteiger partial charge in [0.05, 0.1) is 10.6 Å². The van der Waals surface area contributed by atoms with Gasteiger partial charge in [-0.2, -0.15) is 4.72 Å². The van der Waals surface area contributed by atoms with Gasteiger partial charge in [0.1, 0.15) is 4.90 Å². The molecule has 0 amide bonds. The molecule has 9 heteroatoms. The maximum absolute atomic E-state index is 12.2. The monoisotopic (exact) mass is 325 g/mol. The molecule has 0 aliphatic heterocycles. The van der Waals surface area contributed by atoms with Gasteiger partial charge in [-0.25, -0.2) is 8.42 Å². The second kappa shape index (κ2) is 5.54. The molecule has 0 heterocycles. The number of sulfonamides is 1. The van der Waals surface area contributed by atoms with Gasteiger partial charge < -0.3 is 10.9 Å². The summed E-state index contributed by atoms with van der Waals surface area (Å²) in [4.78, 5) is -0.180. The van der Waals surface area contributed by atoms with E-state index in [2.05, 4.69) is 9.88 Å². The van der Waals surface area contributed by atoms with Gasteiger partial charge in [0.25, 0.3) is 0 Å². The van der Waals surface area contributed by atoms with E-state index in [1.54, 1.807) is 0 Å². The van der Waals surface area contributed by atoms with Crippen molar-refractivity contribution in [2.45, 2.75) is 24.3 Å². The van der Waals surface area contributed by atoms with E-state index in [4.69, 9.17) is 34.1 Å². The molecule has 0 saturated carbocycles. The molecule has 0 saturated heterocycles. The lowest BCUT2D eigenvalue weighted by atomic mass is 10.1. The van der Waals surface area contributed by atoms with Gasteiger partial charge in [-0.15, -0.1) is 0 Å². The molecular weight excluding hydrogens is 313 g/mol. The molecule has 0 aliphatic rings. The third-order valence-electron chi connectivity index (χ3n) is 2.32. The molecule has 1 rings (SSSR count). The normalized spacial score (nSPS) is 13.6. The predicted molar refractivity (Wildman–Crippen MR) is 74.3 cm³/mol. The quantitative estimate of drug-likeness (QED) is 0.339. The molecule has 0 bridgehead atoms. The number of halogens is 2. The van der Waals surface area contributed by atoms with Crippen molar-refractivity contribution >= 4 is 39.1 Å². The number of oxime groups is 1. The molecule has 0 radical (unpaired) electrons. The molecule has 0 atom stereocenters. The maximum Gasteiger partial charge on any atom is 0.243 e. The summed E-state index contributed by atoms with van der Waals surface area (Å²) in [5.74, 6) is -0.283. The van der Waals surface area contributed by atoms with E-state index in [-0.39, 0.29) is 20.8 Å². The standard InChI is InChI=1S/C10H13Cl2N3O3S/c1-10(2,9(13)14-16)15-19(17,18)8-5-6(11)3-4-7(8)12/h3-5,15-16H,1-2H3,(H2,13,14). The summed E-state index contributed by atoms with van der Waals surface area (Å²) in [6, 6.07) is 4.06. The van der Waals surface area contributed by atoms with Crippen molar-refractivity contribution in [2.75, 3.05) is 0 Å². The third-order valence-corrected chi connectivity index (χ3v) is 4.69. The number of nitrogens with one attached hydrogen (secondary N) is 1. The number of rotatable bonds is 4. The number of amidine groups is 1. The first kappa shape index (κ1) is 16.0. The minimum absolute atomic E-state index is 0.0206. The Kier molecular flexibility index (Phi) is 4.67. The van der Waals surface area contributed by atoms with E-state index in [0.29, 0.717) is 0 Å². The van der Waals surface area contributed by atoms with E-state index in [0.717, 1.165) is 0 Å². The van der Waals surface area contributed by atoms with E-state index in [1.165, 1.54) is 32.0 Å². The van der Waals surface area contributed by atoms with Crippen molar-refractivity contribution in [1.29, 1.82) is 0 Å². The highest BCUT2D eigenvalue weighted by Crippen LogP contribution is 2.25. The van der Waals surface area contributed by atoms with Gasteiger partial charge in [0.2, 0.25) is 10.0 Å². The van der Waals surface area contributed by atoms with Crippen LogP contribution in [0.15, 0.2) is 28.3 Å². The number of benzene rings is 1. The largest absolute Gasteiger partial charge is 0.409 e. The zero-order chi connectivity index (χ0) is 14.8. The lowest BCUT2D eigenvalue weighted by molar-refractivity contribution is 0.312. The molecule has 1 aromatic carbocycles. The van der Waals surface area contributed by atoms with E-state index in [1.807, 2.05) is 0 Å². The van der Waals surface area contributed by atoms with Gasteiger partial charge in [-0.05, 0) is 32.0 Å². The van der Waals surface area contributed by atoms with Crippen LogP contribution in [0.3, 0.4) is 0 Å². The van der Waals surface area contributed by atoms with Gasteiger partial charge in [0, 0.05) is 5.02 Å². The molecule has 106 valence electrons. The second-order valence-electron chi connectivity index (χ2n) is 4.29.